The van der Waals surface area contributed by atoms with E-state index in [2.05, 4.69) is 40.6 Å². The van der Waals surface area contributed by atoms with Crippen molar-refractivity contribution in [2.24, 2.45) is 0 Å². The molecule has 2 N–H and O–H groups in total. The van der Waals surface area contributed by atoms with Crippen LogP contribution in [0.15, 0.2) is 18.5 Å². The second kappa shape index (κ2) is 9.58. The van der Waals surface area contributed by atoms with Gasteiger partial charge < -0.3 is 19.9 Å². The van der Waals surface area contributed by atoms with Gasteiger partial charge in [0.1, 0.15) is 0 Å². The smallest absolute Gasteiger partial charge is 0.221 e. The highest BCUT2D eigenvalue weighted by Gasteiger charge is 2.00. The third-order valence-electron chi connectivity index (χ3n) is 2.78. The lowest BCUT2D eigenvalue weighted by atomic mass is 10.3. The van der Waals surface area contributed by atoms with Crippen LogP contribution in [0.2, 0.25) is 0 Å². The summed E-state index contributed by atoms with van der Waals surface area (Å²) in [5, 5.41) is 6.07. The molecule has 1 aromatic rings. The van der Waals surface area contributed by atoms with E-state index in [4.69, 9.17) is 4.74 Å². The first-order valence-electron chi connectivity index (χ1n) is 6.87. The molecule has 108 valence electrons. The van der Waals surface area contributed by atoms with Crippen molar-refractivity contribution in [2.75, 3.05) is 26.8 Å². The third-order valence-corrected chi connectivity index (χ3v) is 2.78. The van der Waals surface area contributed by atoms with Crippen LogP contribution in [0.3, 0.4) is 0 Å². The second-order valence-corrected chi connectivity index (χ2v) is 4.53. The van der Waals surface area contributed by atoms with Crippen molar-refractivity contribution in [3.05, 3.63) is 24.0 Å². The number of nitrogens with zero attached hydrogens (tertiary/aromatic N) is 1. The number of ether oxygens (including phenoxy) is 1. The fourth-order valence-electron chi connectivity index (χ4n) is 1.81. The molecule has 0 bridgehead atoms. The highest BCUT2D eigenvalue weighted by Crippen LogP contribution is 2.01. The fourth-order valence-corrected chi connectivity index (χ4v) is 1.81. The third kappa shape index (κ3) is 6.98. The Morgan fingerprint density at radius 3 is 3.00 bits per heavy atom. The first-order chi connectivity index (χ1) is 9.26. The zero-order chi connectivity index (χ0) is 13.9. The van der Waals surface area contributed by atoms with Crippen LogP contribution in [0.4, 0.5) is 0 Å². The molecule has 0 saturated carbocycles. The molecular weight excluding hydrogens is 242 g/mol. The van der Waals surface area contributed by atoms with E-state index in [0.717, 1.165) is 19.5 Å². The van der Waals surface area contributed by atoms with Gasteiger partial charge in [0, 0.05) is 52.1 Å². The predicted octanol–water partition coefficient (Wildman–Crippen LogP) is 1.14. The van der Waals surface area contributed by atoms with Crippen molar-refractivity contribution in [1.29, 1.82) is 0 Å². The molecule has 0 aromatic carbocycles. The number of rotatable bonds is 10. The van der Waals surface area contributed by atoms with Crippen LogP contribution in [0.5, 0.6) is 0 Å². The Labute approximate surface area is 115 Å². The molecular formula is C14H25N3O2. The van der Waals surface area contributed by atoms with Crippen LogP contribution in [0.1, 0.15) is 25.3 Å². The van der Waals surface area contributed by atoms with Gasteiger partial charge in [0.15, 0.2) is 0 Å². The highest BCUT2D eigenvalue weighted by molar-refractivity contribution is 5.75. The molecule has 5 heteroatoms. The molecule has 0 radical (unpaired) electrons. The number of hydrogen-bond acceptors (Lipinski definition) is 3. The first kappa shape index (κ1) is 15.7. The van der Waals surface area contributed by atoms with E-state index in [-0.39, 0.29) is 5.91 Å². The maximum atomic E-state index is 11.4. The summed E-state index contributed by atoms with van der Waals surface area (Å²) in [5.41, 5.74) is 1.26. The summed E-state index contributed by atoms with van der Waals surface area (Å²) in [6, 6.07) is 2.11. The van der Waals surface area contributed by atoms with E-state index in [9.17, 15) is 4.79 Å². The van der Waals surface area contributed by atoms with E-state index in [1.807, 2.05) is 0 Å². The fraction of sp³-hybridized carbons (Fsp3) is 0.643. The number of hydrogen-bond donors (Lipinski definition) is 2. The molecule has 19 heavy (non-hydrogen) atoms. The molecule has 0 saturated heterocycles. The molecule has 0 aliphatic rings. The Kier molecular flexibility index (Phi) is 7.93. The SMILES string of the molecule is CCCn1ccc(CNCCC(=O)NCCOC)c1. The van der Waals surface area contributed by atoms with Crippen molar-refractivity contribution < 1.29 is 9.53 Å². The van der Waals surface area contributed by atoms with Crippen molar-refractivity contribution in [3.8, 4) is 0 Å². The number of aryl methyl sites for hydroxylation is 1. The Morgan fingerprint density at radius 2 is 2.26 bits per heavy atom. The molecule has 1 rings (SSSR count). The average molecular weight is 267 g/mol. The maximum absolute atomic E-state index is 11.4. The molecule has 5 nitrogen and oxygen atoms in total. The monoisotopic (exact) mass is 267 g/mol. The van der Waals surface area contributed by atoms with Crippen molar-refractivity contribution in [3.63, 3.8) is 0 Å². The van der Waals surface area contributed by atoms with Gasteiger partial charge in [-0.15, -0.1) is 0 Å². The summed E-state index contributed by atoms with van der Waals surface area (Å²) in [6.45, 7) is 5.86. The van der Waals surface area contributed by atoms with Crippen LogP contribution in [0, 0.1) is 0 Å². The number of aromatic nitrogens is 1. The zero-order valence-electron chi connectivity index (χ0n) is 11.9. The Bertz CT molecular complexity index is 363. The van der Waals surface area contributed by atoms with E-state index in [1.165, 1.54) is 5.56 Å². The Hall–Kier alpha value is -1.33. The average Bonchev–Trinajstić information content (AvgIpc) is 2.83. The van der Waals surface area contributed by atoms with E-state index in [0.29, 0.717) is 26.1 Å². The molecule has 0 aliphatic carbocycles. The second-order valence-electron chi connectivity index (χ2n) is 4.53. The predicted molar refractivity (Wildman–Crippen MR) is 75.9 cm³/mol. The standard InChI is InChI=1S/C14H25N3O2/c1-3-8-17-9-5-13(12-17)11-15-6-4-14(18)16-7-10-19-2/h5,9,12,15H,3-4,6-8,10-11H2,1-2H3,(H,16,18). The van der Waals surface area contributed by atoms with E-state index in [1.54, 1.807) is 7.11 Å². The van der Waals surface area contributed by atoms with Crippen LogP contribution < -0.4 is 10.6 Å². The lowest BCUT2D eigenvalue weighted by Gasteiger charge is -2.05. The Morgan fingerprint density at radius 1 is 1.42 bits per heavy atom. The highest BCUT2D eigenvalue weighted by atomic mass is 16.5. The summed E-state index contributed by atoms with van der Waals surface area (Å²) in [5.74, 6) is 0.0631. The summed E-state index contributed by atoms with van der Waals surface area (Å²) < 4.78 is 7.05. The molecule has 1 amide bonds. The van der Waals surface area contributed by atoms with Gasteiger partial charge in [-0.3, -0.25) is 4.79 Å². The molecule has 0 aliphatic heterocycles. The van der Waals surface area contributed by atoms with E-state index >= 15 is 0 Å². The first-order valence-corrected chi connectivity index (χ1v) is 6.87. The number of carbonyl (C=O) groups excluding carboxylic acids is 1. The van der Waals surface area contributed by atoms with Gasteiger partial charge in [-0.1, -0.05) is 6.92 Å². The molecule has 1 aromatic heterocycles. The molecule has 0 unspecified atom stereocenters. The summed E-state index contributed by atoms with van der Waals surface area (Å²) >= 11 is 0. The maximum Gasteiger partial charge on any atom is 0.221 e. The lowest BCUT2D eigenvalue weighted by Crippen LogP contribution is -2.29. The summed E-state index contributed by atoms with van der Waals surface area (Å²) in [7, 11) is 1.62. The lowest BCUT2D eigenvalue weighted by molar-refractivity contribution is -0.121. The van der Waals surface area contributed by atoms with Gasteiger partial charge in [-0.25, -0.2) is 0 Å². The van der Waals surface area contributed by atoms with Crippen LogP contribution in [-0.2, 0) is 22.6 Å². The van der Waals surface area contributed by atoms with Crippen molar-refractivity contribution >= 4 is 5.91 Å². The number of nitrogens with one attached hydrogen (secondary N) is 2. The molecule has 0 atom stereocenters. The van der Waals surface area contributed by atoms with Gasteiger partial charge in [-0.2, -0.15) is 0 Å². The normalized spacial score (nSPS) is 10.6. The van der Waals surface area contributed by atoms with Gasteiger partial charge in [0.25, 0.3) is 0 Å². The number of amides is 1. The summed E-state index contributed by atoms with van der Waals surface area (Å²) in [6.07, 6.45) is 5.88. The van der Waals surface area contributed by atoms with Gasteiger partial charge in [0.2, 0.25) is 5.91 Å². The van der Waals surface area contributed by atoms with Crippen molar-refractivity contribution in [1.82, 2.24) is 15.2 Å². The molecule has 1 heterocycles. The van der Waals surface area contributed by atoms with Crippen LogP contribution in [0.25, 0.3) is 0 Å². The van der Waals surface area contributed by atoms with Gasteiger partial charge in [0.05, 0.1) is 6.61 Å². The van der Waals surface area contributed by atoms with E-state index < -0.39 is 0 Å². The number of methoxy groups -OCH3 is 1. The molecule has 0 fully saturated rings. The van der Waals surface area contributed by atoms with Gasteiger partial charge in [-0.05, 0) is 18.1 Å². The zero-order valence-corrected chi connectivity index (χ0v) is 11.9. The Balaban J connectivity index is 2.07. The van der Waals surface area contributed by atoms with Crippen LogP contribution in [-0.4, -0.2) is 37.3 Å². The number of carbonyl (C=O) groups is 1. The van der Waals surface area contributed by atoms with Crippen molar-refractivity contribution in [2.45, 2.75) is 32.9 Å². The minimum absolute atomic E-state index is 0.0631. The van der Waals surface area contributed by atoms with Crippen LogP contribution >= 0.6 is 0 Å². The minimum atomic E-state index is 0.0631. The minimum Gasteiger partial charge on any atom is -0.383 e. The topological polar surface area (TPSA) is 55.3 Å². The quantitative estimate of drug-likeness (QED) is 0.625. The molecule has 0 spiro atoms. The van der Waals surface area contributed by atoms with Gasteiger partial charge >= 0.3 is 0 Å². The summed E-state index contributed by atoms with van der Waals surface area (Å²) in [4.78, 5) is 11.4. The largest absolute Gasteiger partial charge is 0.383 e.